The molecule has 1 amide bonds. The highest BCUT2D eigenvalue weighted by Gasteiger charge is 2.18. The average molecular weight is 257 g/mol. The molecule has 0 atom stereocenters. The van der Waals surface area contributed by atoms with Crippen molar-refractivity contribution in [3.63, 3.8) is 0 Å². The Bertz CT molecular complexity index is 357. The first-order chi connectivity index (χ1) is 6.77. The van der Waals surface area contributed by atoms with Gasteiger partial charge in [-0.3, -0.25) is 4.79 Å². The molecule has 0 saturated carbocycles. The van der Waals surface area contributed by atoms with Crippen molar-refractivity contribution in [1.82, 2.24) is 15.3 Å². The minimum Gasteiger partial charge on any atom is -0.353 e. The number of hydrogen-bond donors (Lipinski definition) is 1. The summed E-state index contributed by atoms with van der Waals surface area (Å²) < 4.78 is 0.815. The predicted molar refractivity (Wildman–Crippen MR) is 55.0 cm³/mol. The minimum atomic E-state index is 0.0294. The Morgan fingerprint density at radius 1 is 1.57 bits per heavy atom. The van der Waals surface area contributed by atoms with Gasteiger partial charge < -0.3 is 10.2 Å². The molecule has 1 N–H and O–H groups in total. The Morgan fingerprint density at radius 3 is 3.14 bits per heavy atom. The van der Waals surface area contributed by atoms with Gasteiger partial charge >= 0.3 is 0 Å². The quantitative estimate of drug-likeness (QED) is 0.779. The third-order valence-electron chi connectivity index (χ3n) is 1.99. The molecule has 1 aromatic rings. The van der Waals surface area contributed by atoms with Crippen molar-refractivity contribution in [3.05, 3.63) is 17.0 Å². The van der Waals surface area contributed by atoms with E-state index < -0.39 is 0 Å². The smallest absolute Gasteiger partial charge is 0.239 e. The number of aromatic nitrogens is 2. The Kier molecular flexibility index (Phi) is 2.62. The molecular weight excluding hydrogens is 248 g/mol. The third-order valence-corrected chi connectivity index (χ3v) is 2.55. The van der Waals surface area contributed by atoms with Crippen molar-refractivity contribution < 1.29 is 4.79 Å². The van der Waals surface area contributed by atoms with Crippen molar-refractivity contribution in [1.29, 1.82) is 0 Å². The number of rotatable bonds is 1. The Balaban J connectivity index is 2.22. The molecule has 0 unspecified atom stereocenters. The van der Waals surface area contributed by atoms with Gasteiger partial charge in [0.05, 0.1) is 11.0 Å². The number of hydrogen-bond acceptors (Lipinski definition) is 4. The van der Waals surface area contributed by atoms with E-state index in [0.29, 0.717) is 13.1 Å². The zero-order valence-corrected chi connectivity index (χ0v) is 8.99. The molecule has 74 valence electrons. The fourth-order valence-corrected chi connectivity index (χ4v) is 1.83. The molecule has 0 radical (unpaired) electrons. The van der Waals surface area contributed by atoms with Gasteiger partial charge in [0.2, 0.25) is 5.91 Å². The maximum Gasteiger partial charge on any atom is 0.239 e. The number of carbonyl (C=O) groups is 1. The summed E-state index contributed by atoms with van der Waals surface area (Å²) in [6.07, 6.45) is 3.15. The average Bonchev–Trinajstić information content (AvgIpc) is 2.18. The first-order valence-electron chi connectivity index (χ1n) is 4.24. The minimum absolute atomic E-state index is 0.0294. The standard InChI is InChI=1S/C8H9BrN4O/c9-6-3-10-5-12-8(6)13-2-1-11-7(14)4-13/h3,5H,1-2,4H2,(H,11,14). The monoisotopic (exact) mass is 256 g/mol. The number of anilines is 1. The van der Waals surface area contributed by atoms with E-state index in [1.165, 1.54) is 6.33 Å². The molecule has 1 aliphatic rings. The largest absolute Gasteiger partial charge is 0.353 e. The van der Waals surface area contributed by atoms with Gasteiger partial charge in [-0.2, -0.15) is 0 Å². The maximum atomic E-state index is 11.1. The molecule has 0 aromatic carbocycles. The zero-order valence-electron chi connectivity index (χ0n) is 7.40. The Morgan fingerprint density at radius 2 is 2.43 bits per heavy atom. The van der Waals surface area contributed by atoms with E-state index in [0.717, 1.165) is 16.8 Å². The normalized spacial score (nSPS) is 16.6. The van der Waals surface area contributed by atoms with Gasteiger partial charge in [-0.15, -0.1) is 0 Å². The van der Waals surface area contributed by atoms with Gasteiger partial charge in [-0.25, -0.2) is 9.97 Å². The van der Waals surface area contributed by atoms with Crippen molar-refractivity contribution in [2.24, 2.45) is 0 Å². The van der Waals surface area contributed by atoms with Gasteiger partial charge in [0.15, 0.2) is 0 Å². The SMILES string of the molecule is O=C1CN(c2ncncc2Br)CCN1. The Labute approximate surface area is 89.7 Å². The lowest BCUT2D eigenvalue weighted by molar-refractivity contribution is -0.120. The molecule has 14 heavy (non-hydrogen) atoms. The number of nitrogens with one attached hydrogen (secondary N) is 1. The summed E-state index contributed by atoms with van der Waals surface area (Å²) in [5.74, 6) is 0.802. The Hall–Kier alpha value is -1.17. The van der Waals surface area contributed by atoms with Crippen LogP contribution in [0.1, 0.15) is 0 Å². The van der Waals surface area contributed by atoms with E-state index in [1.54, 1.807) is 6.20 Å². The van der Waals surface area contributed by atoms with E-state index in [4.69, 9.17) is 0 Å². The first-order valence-corrected chi connectivity index (χ1v) is 5.04. The van der Waals surface area contributed by atoms with Crippen LogP contribution in [0.2, 0.25) is 0 Å². The summed E-state index contributed by atoms with van der Waals surface area (Å²) in [7, 11) is 0. The zero-order chi connectivity index (χ0) is 9.97. The lowest BCUT2D eigenvalue weighted by atomic mass is 10.3. The number of piperazine rings is 1. The predicted octanol–water partition coefficient (Wildman–Crippen LogP) is 0.175. The van der Waals surface area contributed by atoms with Crippen molar-refractivity contribution in [2.75, 3.05) is 24.5 Å². The van der Waals surface area contributed by atoms with Crippen LogP contribution in [-0.4, -0.2) is 35.5 Å². The summed E-state index contributed by atoms with van der Waals surface area (Å²) in [5.41, 5.74) is 0. The highest BCUT2D eigenvalue weighted by molar-refractivity contribution is 9.10. The molecule has 1 saturated heterocycles. The second-order valence-corrected chi connectivity index (χ2v) is 3.82. The number of amides is 1. The van der Waals surface area contributed by atoms with Crippen molar-refractivity contribution >= 4 is 27.7 Å². The molecule has 2 rings (SSSR count). The van der Waals surface area contributed by atoms with E-state index in [9.17, 15) is 4.79 Å². The van der Waals surface area contributed by atoms with Crippen LogP contribution >= 0.6 is 15.9 Å². The lowest BCUT2D eigenvalue weighted by Crippen LogP contribution is -2.48. The van der Waals surface area contributed by atoms with E-state index >= 15 is 0 Å². The van der Waals surface area contributed by atoms with Crippen LogP contribution in [0.3, 0.4) is 0 Å². The second-order valence-electron chi connectivity index (χ2n) is 2.97. The topological polar surface area (TPSA) is 58.1 Å². The lowest BCUT2D eigenvalue weighted by Gasteiger charge is -2.27. The van der Waals surface area contributed by atoms with Crippen molar-refractivity contribution in [3.8, 4) is 0 Å². The fraction of sp³-hybridized carbons (Fsp3) is 0.375. The van der Waals surface area contributed by atoms with Gasteiger partial charge in [-0.1, -0.05) is 0 Å². The molecule has 1 aromatic heterocycles. The van der Waals surface area contributed by atoms with Crippen LogP contribution in [0.4, 0.5) is 5.82 Å². The van der Waals surface area contributed by atoms with Crippen LogP contribution in [0, 0.1) is 0 Å². The number of nitrogens with zero attached hydrogens (tertiary/aromatic N) is 3. The van der Waals surface area contributed by atoms with Gasteiger partial charge in [-0.05, 0) is 15.9 Å². The molecule has 2 heterocycles. The van der Waals surface area contributed by atoms with Crippen LogP contribution < -0.4 is 10.2 Å². The summed E-state index contributed by atoms with van der Waals surface area (Å²) in [6, 6.07) is 0. The molecule has 1 fully saturated rings. The fourth-order valence-electron chi connectivity index (χ4n) is 1.36. The van der Waals surface area contributed by atoms with Crippen LogP contribution in [-0.2, 0) is 4.79 Å². The molecule has 1 aliphatic heterocycles. The summed E-state index contributed by atoms with van der Waals surface area (Å²) >= 11 is 3.35. The third kappa shape index (κ3) is 1.84. The summed E-state index contributed by atoms with van der Waals surface area (Å²) in [5, 5.41) is 2.76. The summed E-state index contributed by atoms with van der Waals surface area (Å²) in [6.45, 7) is 1.80. The van der Waals surface area contributed by atoms with Crippen molar-refractivity contribution in [2.45, 2.75) is 0 Å². The summed E-state index contributed by atoms with van der Waals surface area (Å²) in [4.78, 5) is 21.1. The molecular formula is C8H9BrN4O. The molecule has 0 aliphatic carbocycles. The van der Waals surface area contributed by atoms with E-state index in [1.807, 2.05) is 4.90 Å². The molecule has 6 heteroatoms. The first kappa shape index (κ1) is 9.39. The van der Waals surface area contributed by atoms with Gasteiger partial charge in [0.25, 0.3) is 0 Å². The molecule has 0 bridgehead atoms. The van der Waals surface area contributed by atoms with Crippen LogP contribution in [0.15, 0.2) is 17.0 Å². The van der Waals surface area contributed by atoms with Crippen LogP contribution in [0.25, 0.3) is 0 Å². The molecule has 5 nitrogen and oxygen atoms in total. The highest BCUT2D eigenvalue weighted by atomic mass is 79.9. The van der Waals surface area contributed by atoms with Gasteiger partial charge in [0.1, 0.15) is 12.1 Å². The van der Waals surface area contributed by atoms with Gasteiger partial charge in [0, 0.05) is 19.3 Å². The van der Waals surface area contributed by atoms with E-state index in [-0.39, 0.29) is 5.91 Å². The second kappa shape index (κ2) is 3.91. The number of halogens is 1. The molecule has 0 spiro atoms. The maximum absolute atomic E-state index is 11.1. The van der Waals surface area contributed by atoms with E-state index in [2.05, 4.69) is 31.2 Å². The number of carbonyl (C=O) groups excluding carboxylic acids is 1. The highest BCUT2D eigenvalue weighted by Crippen LogP contribution is 2.21. The van der Waals surface area contributed by atoms with Crippen LogP contribution in [0.5, 0.6) is 0 Å².